The van der Waals surface area contributed by atoms with Crippen molar-refractivity contribution in [1.82, 2.24) is 15.3 Å². The molecule has 6 heteroatoms. The number of methoxy groups -OCH3 is 1. The molecule has 0 bridgehead atoms. The van der Waals surface area contributed by atoms with Crippen LogP contribution in [0.5, 0.6) is 0 Å². The molecule has 0 fully saturated rings. The molecule has 0 amide bonds. The number of aromatic amines is 1. The zero-order chi connectivity index (χ0) is 14.1. The minimum Gasteiger partial charge on any atom is -0.396 e. The second kappa shape index (κ2) is 9.31. The minimum absolute atomic E-state index is 0.119. The first-order valence-electron chi connectivity index (χ1n) is 6.77. The molecule has 0 spiro atoms. The molecule has 5 nitrogen and oxygen atoms in total. The summed E-state index contributed by atoms with van der Waals surface area (Å²) in [5.41, 5.74) is 0.895. The van der Waals surface area contributed by atoms with Gasteiger partial charge < -0.3 is 20.1 Å². The van der Waals surface area contributed by atoms with Crippen LogP contribution in [0.15, 0.2) is 0 Å². The Morgan fingerprint density at radius 2 is 2.32 bits per heavy atom. The van der Waals surface area contributed by atoms with Gasteiger partial charge in [-0.25, -0.2) is 4.98 Å². The largest absolute Gasteiger partial charge is 0.396 e. The zero-order valence-electron chi connectivity index (χ0n) is 11.7. The number of nitrogens with one attached hydrogen (secondary N) is 2. The van der Waals surface area contributed by atoms with E-state index in [1.54, 1.807) is 7.11 Å². The molecule has 0 saturated heterocycles. The van der Waals surface area contributed by atoms with E-state index in [1.165, 1.54) is 0 Å². The fourth-order valence-corrected chi connectivity index (χ4v) is 2.08. The van der Waals surface area contributed by atoms with Crippen LogP contribution in [0.25, 0.3) is 0 Å². The van der Waals surface area contributed by atoms with E-state index in [1.807, 2.05) is 0 Å². The first-order chi connectivity index (χ1) is 9.21. The predicted molar refractivity (Wildman–Crippen MR) is 76.4 cm³/mol. The van der Waals surface area contributed by atoms with Gasteiger partial charge in [-0.1, -0.05) is 24.9 Å². The normalized spacial score (nSPS) is 12.8. The number of hydrogen-bond donors (Lipinski definition) is 3. The molecule has 19 heavy (non-hydrogen) atoms. The first-order valence-corrected chi connectivity index (χ1v) is 7.15. The molecule has 1 aromatic heterocycles. The Labute approximate surface area is 119 Å². The van der Waals surface area contributed by atoms with Gasteiger partial charge in [0, 0.05) is 32.7 Å². The molecular weight excluding hydrogens is 266 g/mol. The molecule has 0 aliphatic carbocycles. The van der Waals surface area contributed by atoms with Crippen LogP contribution in [0.3, 0.4) is 0 Å². The number of imidazole rings is 1. The monoisotopic (exact) mass is 289 g/mol. The van der Waals surface area contributed by atoms with E-state index in [-0.39, 0.29) is 12.6 Å². The number of aryl methyl sites for hydroxylation is 1. The molecule has 1 atom stereocenters. The van der Waals surface area contributed by atoms with Gasteiger partial charge in [-0.2, -0.15) is 0 Å². The summed E-state index contributed by atoms with van der Waals surface area (Å²) in [6.07, 6.45) is 3.82. The Bertz CT molecular complexity index is 352. The molecule has 0 radical (unpaired) electrons. The van der Waals surface area contributed by atoms with Crippen LogP contribution < -0.4 is 5.32 Å². The zero-order valence-corrected chi connectivity index (χ0v) is 12.5. The van der Waals surface area contributed by atoms with Crippen LogP contribution in [0.1, 0.15) is 37.7 Å². The predicted octanol–water partition coefficient (Wildman–Crippen LogP) is 1.89. The molecule has 1 heterocycles. The summed E-state index contributed by atoms with van der Waals surface area (Å²) in [5.74, 6) is 0.939. The van der Waals surface area contributed by atoms with Crippen LogP contribution in [0, 0.1) is 0 Å². The number of hydrogen-bond acceptors (Lipinski definition) is 4. The number of H-pyrrole nitrogens is 1. The maximum absolute atomic E-state index is 8.97. The highest BCUT2D eigenvalue weighted by atomic mass is 35.5. The number of aliphatic hydroxyl groups excluding tert-OH is 1. The van der Waals surface area contributed by atoms with Crippen molar-refractivity contribution in [3.05, 3.63) is 16.7 Å². The van der Waals surface area contributed by atoms with Gasteiger partial charge in [-0.15, -0.1) is 0 Å². The second-order valence-corrected chi connectivity index (χ2v) is 4.96. The van der Waals surface area contributed by atoms with Gasteiger partial charge in [0.1, 0.15) is 5.82 Å². The summed E-state index contributed by atoms with van der Waals surface area (Å²) >= 11 is 6.10. The van der Waals surface area contributed by atoms with Gasteiger partial charge in [-0.3, -0.25) is 0 Å². The van der Waals surface area contributed by atoms with Crippen molar-refractivity contribution in [2.24, 2.45) is 0 Å². The third-order valence-corrected chi connectivity index (χ3v) is 3.27. The maximum atomic E-state index is 8.97. The smallest absolute Gasteiger partial charge is 0.151 e. The molecule has 1 unspecified atom stereocenters. The Morgan fingerprint density at radius 3 is 2.95 bits per heavy atom. The van der Waals surface area contributed by atoms with Gasteiger partial charge in [0.15, 0.2) is 5.15 Å². The van der Waals surface area contributed by atoms with Crippen molar-refractivity contribution in [3.8, 4) is 0 Å². The van der Waals surface area contributed by atoms with Crippen molar-refractivity contribution in [1.29, 1.82) is 0 Å². The first kappa shape index (κ1) is 16.4. The van der Waals surface area contributed by atoms with Gasteiger partial charge in [0.05, 0.1) is 12.3 Å². The molecule has 0 aliphatic rings. The fraction of sp³-hybridized carbons (Fsp3) is 0.769. The second-order valence-electron chi connectivity index (χ2n) is 4.60. The Balaban J connectivity index is 2.48. The minimum atomic E-state index is 0.119. The van der Waals surface area contributed by atoms with Crippen LogP contribution in [0.4, 0.5) is 0 Å². The number of ether oxygens (including phenoxy) is 1. The van der Waals surface area contributed by atoms with Crippen LogP contribution in [0.2, 0.25) is 5.15 Å². The average molecular weight is 290 g/mol. The standard InChI is InChI=1S/C13H24ClN3O2/c1-3-4-5-12-16-11(13(14)17-12)8-15-10(6-7-18)9-19-2/h10,15,18H,3-9H2,1-2H3,(H,16,17). The molecule has 3 N–H and O–H groups in total. The molecule has 0 saturated carbocycles. The van der Waals surface area contributed by atoms with E-state index >= 15 is 0 Å². The summed E-state index contributed by atoms with van der Waals surface area (Å²) in [6, 6.07) is 0.119. The SMILES string of the molecule is CCCCc1nc(Cl)c(CNC(CCO)COC)[nH]1. The van der Waals surface area contributed by atoms with E-state index in [4.69, 9.17) is 21.4 Å². The van der Waals surface area contributed by atoms with Crippen molar-refractivity contribution < 1.29 is 9.84 Å². The van der Waals surface area contributed by atoms with Gasteiger partial charge in [-0.05, 0) is 12.8 Å². The Kier molecular flexibility index (Phi) is 8.05. The summed E-state index contributed by atoms with van der Waals surface area (Å²) in [7, 11) is 1.65. The lowest BCUT2D eigenvalue weighted by atomic mass is 10.2. The van der Waals surface area contributed by atoms with E-state index < -0.39 is 0 Å². The summed E-state index contributed by atoms with van der Waals surface area (Å²) in [5, 5.41) is 12.8. The van der Waals surface area contributed by atoms with Gasteiger partial charge in [0.25, 0.3) is 0 Å². The van der Waals surface area contributed by atoms with Crippen LogP contribution in [-0.4, -0.2) is 41.4 Å². The number of halogens is 1. The number of rotatable bonds is 10. The van der Waals surface area contributed by atoms with E-state index in [0.29, 0.717) is 24.7 Å². The number of aliphatic hydroxyl groups is 1. The van der Waals surface area contributed by atoms with E-state index in [0.717, 1.165) is 30.8 Å². The average Bonchev–Trinajstić information content (AvgIpc) is 2.75. The lowest BCUT2D eigenvalue weighted by molar-refractivity contribution is 0.148. The third-order valence-electron chi connectivity index (χ3n) is 2.96. The molecular formula is C13H24ClN3O2. The Morgan fingerprint density at radius 1 is 1.53 bits per heavy atom. The number of unbranched alkanes of at least 4 members (excludes halogenated alkanes) is 1. The lowest BCUT2D eigenvalue weighted by Gasteiger charge is -2.16. The highest BCUT2D eigenvalue weighted by molar-refractivity contribution is 6.30. The third kappa shape index (κ3) is 5.91. The highest BCUT2D eigenvalue weighted by Gasteiger charge is 2.11. The number of aromatic nitrogens is 2. The summed E-state index contributed by atoms with van der Waals surface area (Å²) in [4.78, 5) is 7.55. The molecule has 1 aromatic rings. The summed E-state index contributed by atoms with van der Waals surface area (Å²) < 4.78 is 5.10. The van der Waals surface area contributed by atoms with Gasteiger partial charge >= 0.3 is 0 Å². The highest BCUT2D eigenvalue weighted by Crippen LogP contribution is 2.14. The number of nitrogens with zero attached hydrogens (tertiary/aromatic N) is 1. The fourth-order valence-electron chi connectivity index (χ4n) is 1.87. The van der Waals surface area contributed by atoms with E-state index in [2.05, 4.69) is 22.2 Å². The molecule has 1 rings (SSSR count). The van der Waals surface area contributed by atoms with Crippen molar-refractivity contribution in [2.45, 2.75) is 45.2 Å². The van der Waals surface area contributed by atoms with Crippen molar-refractivity contribution >= 4 is 11.6 Å². The molecule has 0 aromatic carbocycles. The maximum Gasteiger partial charge on any atom is 0.151 e. The topological polar surface area (TPSA) is 70.2 Å². The van der Waals surface area contributed by atoms with Crippen molar-refractivity contribution in [2.75, 3.05) is 20.3 Å². The Hall–Kier alpha value is -0.620. The molecule has 0 aliphatic heterocycles. The van der Waals surface area contributed by atoms with Crippen LogP contribution in [-0.2, 0) is 17.7 Å². The van der Waals surface area contributed by atoms with Crippen LogP contribution >= 0.6 is 11.6 Å². The van der Waals surface area contributed by atoms with E-state index in [9.17, 15) is 0 Å². The summed E-state index contributed by atoms with van der Waals surface area (Å²) in [6.45, 7) is 3.46. The lowest BCUT2D eigenvalue weighted by Crippen LogP contribution is -2.33. The van der Waals surface area contributed by atoms with Gasteiger partial charge in [0.2, 0.25) is 0 Å². The quantitative estimate of drug-likeness (QED) is 0.615. The molecule has 110 valence electrons. The van der Waals surface area contributed by atoms with Crippen molar-refractivity contribution in [3.63, 3.8) is 0 Å².